The molecule has 0 saturated heterocycles. The summed E-state index contributed by atoms with van der Waals surface area (Å²) in [6.45, 7) is 11.0. The number of ether oxygens (including phenoxy) is 8. The van der Waals surface area contributed by atoms with Crippen LogP contribution in [-0.4, -0.2) is 152 Å². The van der Waals surface area contributed by atoms with Crippen molar-refractivity contribution in [1.82, 2.24) is 37.7 Å². The Balaban J connectivity index is 1.64. The van der Waals surface area contributed by atoms with Gasteiger partial charge in [0, 0.05) is 41.5 Å². The van der Waals surface area contributed by atoms with Gasteiger partial charge in [0.25, 0.3) is 11.8 Å². The lowest BCUT2D eigenvalue weighted by atomic mass is 10.0. The van der Waals surface area contributed by atoms with Gasteiger partial charge in [-0.05, 0) is 113 Å². The van der Waals surface area contributed by atoms with Crippen molar-refractivity contribution in [2.75, 3.05) is 61.4 Å². The minimum Gasteiger partial charge on any atom is -0.493 e. The summed E-state index contributed by atoms with van der Waals surface area (Å²) in [4.78, 5) is 101. The number of rotatable bonds is 80. The molecule has 4 aromatic rings. The van der Waals surface area contributed by atoms with Gasteiger partial charge in [-0.25, -0.2) is 21.7 Å². The molecular formula is C101H163N13O15. The monoisotopic (exact) mass is 1800 g/mol. The van der Waals surface area contributed by atoms with Crippen LogP contribution in [0.3, 0.4) is 0 Å². The molecule has 4 rings (SSSR count). The van der Waals surface area contributed by atoms with Gasteiger partial charge in [-0.1, -0.05) is 290 Å². The molecule has 0 aliphatic rings. The van der Waals surface area contributed by atoms with E-state index < -0.39 is 78.4 Å². The largest absolute Gasteiger partial charge is 0.493 e. The lowest BCUT2D eigenvalue weighted by molar-refractivity contribution is -0.133. The van der Waals surface area contributed by atoms with Gasteiger partial charge in [-0.15, -0.1) is 0 Å². The summed E-state index contributed by atoms with van der Waals surface area (Å²) in [6, 6.07) is 15.6. The van der Waals surface area contributed by atoms with Gasteiger partial charge in [0.05, 0.1) is 85.8 Å². The summed E-state index contributed by atoms with van der Waals surface area (Å²) in [5, 5.41) is 25.3. The molecule has 0 saturated carbocycles. The molecule has 0 spiro atoms. The first-order chi connectivity index (χ1) is 63.1. The van der Waals surface area contributed by atoms with Crippen molar-refractivity contribution in [3.05, 3.63) is 95.1 Å². The van der Waals surface area contributed by atoms with Crippen LogP contribution in [-0.2, 0) is 33.6 Å². The van der Waals surface area contributed by atoms with Crippen LogP contribution >= 0.6 is 0 Å². The number of unbranched alkanes of at least 4 members (excludes halogenated alkanes) is 37. The highest BCUT2D eigenvalue weighted by atomic mass is 16.5. The molecule has 28 nitrogen and oxygen atoms in total. The standard InChI is InChI=1S/C101H163N13O15/c1-9-13-17-21-25-29-33-37-41-47-71-126-94-79(55-51-60-87(94)122-5)75-104-111-92(116)68-65-85(100(120)113-106-77-81-57-53-62-89(124-7)96(81)128-73-49-43-39-35-31-27-23-19-15-11-3)108-91(115)67-64-84(109-98(118)83(103)59-45-46-70-102)99(119)110-86(101(121)114-107-78-82-58-54-63-90(125-8)97(82)129-74-50-44-40-36-32-28-24-20-16-12-4)66-69-93(117)112-105-76-80-56-52-61-88(123-6)95(80)127-72-48-42-38-34-30-26-22-18-14-10-2/h51-58,60-63,75-78,83-86H,9-50,59,64-74,102-103H2,1-8H3,(H,108,115)(H,109,118)(H,110,119)(H,111,116)(H,112,117)(H,113,120)(H,114,121)/b104-75+,105-76+,106-77+,107-78+/t83-,84-,85-,86-/m0/s1. The van der Waals surface area contributed by atoms with Crippen molar-refractivity contribution in [3.63, 3.8) is 0 Å². The molecule has 0 aromatic heterocycles. The predicted octanol–water partition coefficient (Wildman–Crippen LogP) is 19.1. The molecule has 0 aliphatic heterocycles. The zero-order valence-corrected chi connectivity index (χ0v) is 79.8. The SMILES string of the molecule is CCCCCCCCCCCCOc1c(/C=N/NC(=O)CC[C@H](NC(=O)CC[C@H](NC(=O)[C@@H](N)CCCCN)C(=O)N[C@@H](CCC(=O)N/N=C/c2cccc(OC)c2OCCCCCCCCCCCC)C(=O)N/N=C/c2cccc(OC)c2OCCCCCCCCCCCC)C(=O)N/N=C/c2cccc(OC)c2OCCCCCCCCCCCC)cccc1OC. The van der Waals surface area contributed by atoms with Crippen molar-refractivity contribution >= 4 is 66.2 Å². The normalized spacial score (nSPS) is 12.4. The van der Waals surface area contributed by atoms with E-state index in [1.807, 2.05) is 0 Å². The van der Waals surface area contributed by atoms with E-state index >= 15 is 4.79 Å². The average Bonchev–Trinajstić information content (AvgIpc) is 0.861. The molecule has 722 valence electrons. The van der Waals surface area contributed by atoms with Gasteiger partial charge in [0.15, 0.2) is 46.0 Å². The number of hydrogen-bond donors (Lipinski definition) is 9. The first kappa shape index (κ1) is 111. The number of hydrogen-bond acceptors (Lipinski definition) is 21. The molecule has 0 unspecified atom stereocenters. The number of amides is 7. The van der Waals surface area contributed by atoms with E-state index in [1.54, 1.807) is 87.0 Å². The van der Waals surface area contributed by atoms with Crippen LogP contribution in [0.2, 0.25) is 0 Å². The number of carbonyl (C=O) groups is 7. The molecule has 28 heteroatoms. The van der Waals surface area contributed by atoms with Crippen molar-refractivity contribution in [1.29, 1.82) is 0 Å². The molecule has 0 fully saturated rings. The number of hydrazone groups is 4. The molecule has 4 atom stereocenters. The van der Waals surface area contributed by atoms with Crippen LogP contribution in [0.15, 0.2) is 93.2 Å². The molecule has 4 aromatic carbocycles. The van der Waals surface area contributed by atoms with E-state index in [0.29, 0.717) is 114 Å². The van der Waals surface area contributed by atoms with Gasteiger partial charge in [-0.3, -0.25) is 33.6 Å². The van der Waals surface area contributed by atoms with Gasteiger partial charge in [0.1, 0.15) is 18.1 Å². The van der Waals surface area contributed by atoms with Gasteiger partial charge < -0.3 is 65.3 Å². The summed E-state index contributed by atoms with van der Waals surface area (Å²) in [5.74, 6) is -1.71. The van der Waals surface area contributed by atoms with Crippen molar-refractivity contribution in [2.24, 2.45) is 31.9 Å². The summed E-state index contributed by atoms with van der Waals surface area (Å²) in [5.41, 5.74) is 24.5. The van der Waals surface area contributed by atoms with Crippen LogP contribution in [0.1, 0.15) is 365 Å². The van der Waals surface area contributed by atoms with Crippen molar-refractivity contribution in [3.8, 4) is 46.0 Å². The second-order valence-corrected chi connectivity index (χ2v) is 33.4. The fourth-order valence-electron chi connectivity index (χ4n) is 14.9. The maximum atomic E-state index is 15.0. The minimum absolute atomic E-state index is 0.197. The molecule has 129 heavy (non-hydrogen) atoms. The molecule has 0 heterocycles. The van der Waals surface area contributed by atoms with Crippen LogP contribution < -0.4 is 87.0 Å². The number of para-hydroxylation sites is 4. The van der Waals surface area contributed by atoms with E-state index in [2.05, 4.69) is 85.8 Å². The van der Waals surface area contributed by atoms with Crippen LogP contribution in [0, 0.1) is 0 Å². The van der Waals surface area contributed by atoms with E-state index in [9.17, 15) is 28.8 Å². The highest BCUT2D eigenvalue weighted by molar-refractivity contribution is 5.95. The fourth-order valence-corrected chi connectivity index (χ4v) is 14.9. The number of nitrogens with one attached hydrogen (secondary N) is 7. The number of nitrogens with zero attached hydrogens (tertiary/aromatic N) is 4. The number of nitrogens with two attached hydrogens (primary N) is 2. The zero-order chi connectivity index (χ0) is 93.2. The lowest BCUT2D eigenvalue weighted by Gasteiger charge is -2.24. The lowest BCUT2D eigenvalue weighted by Crippen LogP contribution is -2.56. The first-order valence-electron chi connectivity index (χ1n) is 48.9. The van der Waals surface area contributed by atoms with Gasteiger partial charge >= 0.3 is 0 Å². The van der Waals surface area contributed by atoms with E-state index in [-0.39, 0.29) is 32.1 Å². The summed E-state index contributed by atoms with van der Waals surface area (Å²) in [7, 11) is 6.16. The predicted molar refractivity (Wildman–Crippen MR) is 519 cm³/mol. The summed E-state index contributed by atoms with van der Waals surface area (Å²) < 4.78 is 47.9. The molecule has 0 radical (unpaired) electrons. The third-order valence-electron chi connectivity index (χ3n) is 22.6. The first-order valence-corrected chi connectivity index (χ1v) is 48.9. The zero-order valence-electron chi connectivity index (χ0n) is 79.8. The minimum atomic E-state index is -1.56. The summed E-state index contributed by atoms with van der Waals surface area (Å²) >= 11 is 0. The Morgan fingerprint density at radius 2 is 0.543 bits per heavy atom. The summed E-state index contributed by atoms with van der Waals surface area (Å²) in [6.07, 6.45) is 51.2. The van der Waals surface area contributed by atoms with Crippen molar-refractivity contribution < 1.29 is 71.5 Å². The fraction of sp³-hybridized carbons (Fsp3) is 0.653. The molecule has 11 N–H and O–H groups in total. The van der Waals surface area contributed by atoms with E-state index in [1.165, 1.54) is 206 Å². The van der Waals surface area contributed by atoms with Crippen LogP contribution in [0.25, 0.3) is 0 Å². The Morgan fingerprint density at radius 3 is 0.822 bits per heavy atom. The second kappa shape index (κ2) is 73.9. The Hall–Kier alpha value is -9.83. The Kier molecular flexibility index (Phi) is 63.9. The second-order valence-electron chi connectivity index (χ2n) is 33.4. The Bertz CT molecular complexity index is 3840. The average molecular weight is 1800 g/mol. The highest BCUT2D eigenvalue weighted by Gasteiger charge is 2.31. The van der Waals surface area contributed by atoms with Gasteiger partial charge in [0.2, 0.25) is 29.5 Å². The third-order valence-corrected chi connectivity index (χ3v) is 22.6. The molecule has 7 amide bonds. The third kappa shape index (κ3) is 50.2. The molecule has 0 aliphatic carbocycles. The molecular weight excluding hydrogens is 1640 g/mol. The topological polar surface area (TPSA) is 379 Å². The smallest absolute Gasteiger partial charge is 0.262 e. The maximum Gasteiger partial charge on any atom is 0.262 e. The van der Waals surface area contributed by atoms with Crippen LogP contribution in [0.5, 0.6) is 46.0 Å². The molecule has 0 bridgehead atoms. The van der Waals surface area contributed by atoms with E-state index in [0.717, 1.165) is 89.9 Å². The highest BCUT2D eigenvalue weighted by Crippen LogP contribution is 2.35. The van der Waals surface area contributed by atoms with E-state index in [4.69, 9.17) is 49.4 Å². The number of methoxy groups -OCH3 is 4. The Labute approximate surface area is 772 Å². The maximum absolute atomic E-state index is 15.0. The number of benzene rings is 4. The van der Waals surface area contributed by atoms with Crippen LogP contribution in [0.4, 0.5) is 0 Å². The van der Waals surface area contributed by atoms with Crippen molar-refractivity contribution in [2.45, 2.75) is 366 Å². The number of carbonyl (C=O) groups excluding carboxylic acids is 7. The Morgan fingerprint density at radius 1 is 0.295 bits per heavy atom. The quantitative estimate of drug-likeness (QED) is 0.0113. The van der Waals surface area contributed by atoms with Gasteiger partial charge in [-0.2, -0.15) is 20.4 Å².